The maximum absolute atomic E-state index is 11.2. The minimum atomic E-state index is -0.899. The number of carbonyl (C=O) groups is 1. The molecule has 0 aliphatic heterocycles. The van der Waals surface area contributed by atoms with Crippen molar-refractivity contribution in [2.45, 2.75) is 33.1 Å². The number of aromatic nitrogens is 2. The van der Waals surface area contributed by atoms with Crippen molar-refractivity contribution in [1.82, 2.24) is 9.97 Å². The van der Waals surface area contributed by atoms with Crippen molar-refractivity contribution in [3.05, 3.63) is 16.8 Å². The third-order valence-corrected chi connectivity index (χ3v) is 5.45. The molecule has 1 fully saturated rings. The van der Waals surface area contributed by atoms with Crippen LogP contribution in [-0.4, -0.2) is 27.6 Å². The quantitative estimate of drug-likeness (QED) is 0.884. The molecule has 0 radical (unpaired) electrons. The highest BCUT2D eigenvalue weighted by Gasteiger charge is 2.40. The second-order valence-electron chi connectivity index (χ2n) is 5.47. The van der Waals surface area contributed by atoms with Crippen LogP contribution in [0.25, 0.3) is 10.2 Å². The summed E-state index contributed by atoms with van der Waals surface area (Å²) < 4.78 is 0. The van der Waals surface area contributed by atoms with Crippen LogP contribution in [0.15, 0.2) is 6.33 Å². The molecule has 0 aromatic carbocycles. The van der Waals surface area contributed by atoms with Crippen LogP contribution in [0.5, 0.6) is 0 Å². The molecule has 2 N–H and O–H groups in total. The maximum Gasteiger partial charge on any atom is 0.346 e. The number of anilines is 1. The number of fused-ring (bicyclic) bond motifs is 1. The number of rotatable bonds is 5. The number of nitrogens with zero attached hydrogens (tertiary/aromatic N) is 2. The average Bonchev–Trinajstić information content (AvgIpc) is 3.14. The highest BCUT2D eigenvalue weighted by Crippen LogP contribution is 2.48. The van der Waals surface area contributed by atoms with Crippen molar-refractivity contribution in [1.29, 1.82) is 0 Å². The molecule has 0 spiro atoms. The van der Waals surface area contributed by atoms with Crippen molar-refractivity contribution < 1.29 is 9.90 Å². The van der Waals surface area contributed by atoms with Gasteiger partial charge in [0.25, 0.3) is 0 Å². The highest BCUT2D eigenvalue weighted by atomic mass is 32.1. The summed E-state index contributed by atoms with van der Waals surface area (Å²) in [7, 11) is 0. The molecular weight excluding hydrogens is 274 g/mol. The molecule has 1 aliphatic carbocycles. The number of hydrogen-bond acceptors (Lipinski definition) is 5. The summed E-state index contributed by atoms with van der Waals surface area (Å²) in [6, 6.07) is 0. The van der Waals surface area contributed by atoms with Crippen LogP contribution in [0.3, 0.4) is 0 Å². The Balaban J connectivity index is 1.96. The number of carboxylic acids is 1. The van der Waals surface area contributed by atoms with E-state index in [2.05, 4.69) is 22.2 Å². The van der Waals surface area contributed by atoms with Gasteiger partial charge in [-0.3, -0.25) is 0 Å². The molecule has 2 heterocycles. The summed E-state index contributed by atoms with van der Waals surface area (Å²) in [6.07, 6.45) is 5.18. The summed E-state index contributed by atoms with van der Waals surface area (Å²) in [5, 5.41) is 13.5. The van der Waals surface area contributed by atoms with Gasteiger partial charge in [0.05, 0.1) is 5.39 Å². The Kier molecular flexibility index (Phi) is 3.12. The van der Waals surface area contributed by atoms with Crippen LogP contribution >= 0.6 is 11.3 Å². The molecule has 106 valence electrons. The van der Waals surface area contributed by atoms with Crippen LogP contribution in [0, 0.1) is 12.3 Å². The molecule has 0 amide bonds. The lowest BCUT2D eigenvalue weighted by atomic mass is 10.0. The first-order chi connectivity index (χ1) is 9.56. The number of aryl methyl sites for hydroxylation is 1. The zero-order valence-corrected chi connectivity index (χ0v) is 12.4. The smallest absolute Gasteiger partial charge is 0.346 e. The number of nitrogens with one attached hydrogen (secondary N) is 1. The van der Waals surface area contributed by atoms with Crippen LogP contribution in [-0.2, 0) is 0 Å². The van der Waals surface area contributed by atoms with Gasteiger partial charge >= 0.3 is 5.97 Å². The maximum atomic E-state index is 11.2. The largest absolute Gasteiger partial charge is 0.477 e. The molecule has 5 nitrogen and oxygen atoms in total. The second-order valence-corrected chi connectivity index (χ2v) is 6.47. The fourth-order valence-electron chi connectivity index (χ4n) is 2.51. The molecule has 2 aromatic heterocycles. The topological polar surface area (TPSA) is 75.1 Å². The average molecular weight is 291 g/mol. The summed E-state index contributed by atoms with van der Waals surface area (Å²) in [4.78, 5) is 20.8. The van der Waals surface area contributed by atoms with E-state index >= 15 is 0 Å². The molecule has 3 rings (SSSR count). The van der Waals surface area contributed by atoms with Crippen LogP contribution < -0.4 is 5.32 Å². The van der Waals surface area contributed by atoms with E-state index < -0.39 is 5.97 Å². The fourth-order valence-corrected chi connectivity index (χ4v) is 3.50. The van der Waals surface area contributed by atoms with Crippen molar-refractivity contribution >= 4 is 33.3 Å². The van der Waals surface area contributed by atoms with E-state index in [4.69, 9.17) is 0 Å². The summed E-state index contributed by atoms with van der Waals surface area (Å²) in [5.74, 6) is -0.139. The molecule has 0 saturated heterocycles. The Morgan fingerprint density at radius 3 is 2.85 bits per heavy atom. The van der Waals surface area contributed by atoms with Crippen molar-refractivity contribution in [3.63, 3.8) is 0 Å². The molecule has 0 bridgehead atoms. The van der Waals surface area contributed by atoms with Crippen molar-refractivity contribution in [3.8, 4) is 0 Å². The SMILES string of the molecule is CCC1(CNc2ncnc3sc(C(=O)O)c(C)c23)CC1. The van der Waals surface area contributed by atoms with Gasteiger partial charge in [-0.05, 0) is 37.2 Å². The fraction of sp³-hybridized carbons (Fsp3) is 0.500. The van der Waals surface area contributed by atoms with Crippen molar-refractivity contribution in [2.24, 2.45) is 5.41 Å². The lowest BCUT2D eigenvalue weighted by Gasteiger charge is -2.14. The van der Waals surface area contributed by atoms with Gasteiger partial charge in [0.2, 0.25) is 0 Å². The number of thiophene rings is 1. The minimum Gasteiger partial charge on any atom is -0.477 e. The standard InChI is InChI=1S/C14H17N3O2S/c1-3-14(4-5-14)6-15-11-9-8(2)10(13(18)19)20-12(9)17-7-16-11/h7H,3-6H2,1-2H3,(H,18,19)(H,15,16,17). The Morgan fingerprint density at radius 1 is 1.50 bits per heavy atom. The molecular formula is C14H17N3O2S. The Labute approximate surface area is 121 Å². The van der Waals surface area contributed by atoms with Gasteiger partial charge in [-0.2, -0.15) is 0 Å². The Bertz CT molecular complexity index is 676. The molecule has 0 unspecified atom stereocenters. The van der Waals surface area contributed by atoms with Gasteiger partial charge in [0.1, 0.15) is 21.9 Å². The van der Waals surface area contributed by atoms with Crippen LogP contribution in [0.1, 0.15) is 41.4 Å². The first-order valence-corrected chi connectivity index (χ1v) is 7.59. The predicted molar refractivity (Wildman–Crippen MR) is 79.6 cm³/mol. The molecule has 20 heavy (non-hydrogen) atoms. The zero-order valence-electron chi connectivity index (χ0n) is 11.6. The van der Waals surface area contributed by atoms with Crippen LogP contribution in [0.4, 0.5) is 5.82 Å². The van der Waals surface area contributed by atoms with Gasteiger partial charge in [-0.25, -0.2) is 14.8 Å². The summed E-state index contributed by atoms with van der Waals surface area (Å²) in [5.41, 5.74) is 1.17. The minimum absolute atomic E-state index is 0.347. The first-order valence-electron chi connectivity index (χ1n) is 6.77. The molecule has 1 aliphatic rings. The predicted octanol–water partition coefficient (Wildman–Crippen LogP) is 3.30. The third-order valence-electron chi connectivity index (χ3n) is 4.26. The highest BCUT2D eigenvalue weighted by molar-refractivity contribution is 7.20. The van der Waals surface area contributed by atoms with E-state index in [1.165, 1.54) is 30.5 Å². The van der Waals surface area contributed by atoms with Crippen molar-refractivity contribution in [2.75, 3.05) is 11.9 Å². The van der Waals surface area contributed by atoms with E-state index in [0.29, 0.717) is 10.3 Å². The Hall–Kier alpha value is -1.69. The zero-order chi connectivity index (χ0) is 14.3. The van der Waals surface area contributed by atoms with Gasteiger partial charge in [-0.15, -0.1) is 11.3 Å². The molecule has 0 atom stereocenters. The van der Waals surface area contributed by atoms with E-state index in [1.54, 1.807) is 0 Å². The van der Waals surface area contributed by atoms with E-state index in [-0.39, 0.29) is 0 Å². The normalized spacial score (nSPS) is 16.3. The van der Waals surface area contributed by atoms with E-state index in [0.717, 1.165) is 34.6 Å². The number of hydrogen-bond donors (Lipinski definition) is 2. The third kappa shape index (κ3) is 2.14. The second kappa shape index (κ2) is 4.70. The molecule has 6 heteroatoms. The van der Waals surface area contributed by atoms with Gasteiger partial charge in [0.15, 0.2) is 0 Å². The van der Waals surface area contributed by atoms with Gasteiger partial charge in [0, 0.05) is 6.54 Å². The van der Waals surface area contributed by atoms with Gasteiger partial charge < -0.3 is 10.4 Å². The monoisotopic (exact) mass is 291 g/mol. The number of aromatic carboxylic acids is 1. The van der Waals surface area contributed by atoms with Crippen LogP contribution in [0.2, 0.25) is 0 Å². The van der Waals surface area contributed by atoms with Gasteiger partial charge in [-0.1, -0.05) is 6.92 Å². The molecule has 2 aromatic rings. The number of carboxylic acid groups (broad SMARTS) is 1. The lowest BCUT2D eigenvalue weighted by Crippen LogP contribution is -2.15. The first kappa shape index (κ1) is 13.3. The Morgan fingerprint density at radius 2 is 2.25 bits per heavy atom. The molecule has 1 saturated carbocycles. The summed E-state index contributed by atoms with van der Waals surface area (Å²) in [6.45, 7) is 4.93. The van der Waals surface area contributed by atoms with E-state index in [9.17, 15) is 9.90 Å². The summed E-state index contributed by atoms with van der Waals surface area (Å²) >= 11 is 1.21. The lowest BCUT2D eigenvalue weighted by molar-refractivity contribution is 0.0701. The van der Waals surface area contributed by atoms with E-state index in [1.807, 2.05) is 6.92 Å².